The van der Waals surface area contributed by atoms with Crippen molar-refractivity contribution in [2.45, 2.75) is 19.9 Å². The number of hydrogen-bond acceptors (Lipinski definition) is 0. The van der Waals surface area contributed by atoms with Crippen molar-refractivity contribution in [2.24, 2.45) is 0 Å². The monoisotopic (exact) mass is 383 g/mol. The highest BCUT2D eigenvalue weighted by Gasteiger charge is 2.23. The van der Waals surface area contributed by atoms with Crippen molar-refractivity contribution in [3.8, 4) is 11.1 Å². The summed E-state index contributed by atoms with van der Waals surface area (Å²) in [6.45, 7) is 3.23. The van der Waals surface area contributed by atoms with E-state index in [0.717, 1.165) is 13.0 Å². The molecule has 0 atom stereocenters. The van der Waals surface area contributed by atoms with Crippen LogP contribution in [-0.2, 0) is 13.0 Å². The molecule has 1 heteroatoms. The molecule has 6 aromatic rings. The molecule has 0 unspecified atom stereocenters. The van der Waals surface area contributed by atoms with Gasteiger partial charge in [0.15, 0.2) is 0 Å². The number of rotatable bonds is 1. The standard InChI is InChI=1S/C29H21N/c1-2-30-27-14-12-19-8-4-6-10-22(19)29(27)26-16-20-15-25-21-9-5-3-7-18(21)11-13-23(25)24(20)17-28(26)30/h3-14,16-17H,2,15H2,1H3. The third kappa shape index (κ3) is 1.97. The van der Waals surface area contributed by atoms with E-state index in [1.165, 1.54) is 65.6 Å². The fraction of sp³-hybridized carbons (Fsp3) is 0.103. The first-order valence-electron chi connectivity index (χ1n) is 10.8. The summed E-state index contributed by atoms with van der Waals surface area (Å²) in [6.07, 6.45) is 1.02. The predicted octanol–water partition coefficient (Wildman–Crippen LogP) is 7.69. The van der Waals surface area contributed by atoms with Gasteiger partial charge >= 0.3 is 0 Å². The Hall–Kier alpha value is -3.58. The fourth-order valence-corrected chi connectivity index (χ4v) is 5.66. The maximum absolute atomic E-state index is 2.48. The maximum atomic E-state index is 2.48. The van der Waals surface area contributed by atoms with Crippen LogP contribution in [0, 0.1) is 0 Å². The Kier molecular flexibility index (Phi) is 3.10. The van der Waals surface area contributed by atoms with Crippen molar-refractivity contribution in [1.82, 2.24) is 4.57 Å². The van der Waals surface area contributed by atoms with Gasteiger partial charge in [-0.2, -0.15) is 0 Å². The minimum absolute atomic E-state index is 0.974. The third-order valence-corrected chi connectivity index (χ3v) is 6.99. The Labute approximate surface area is 175 Å². The van der Waals surface area contributed by atoms with E-state index in [4.69, 9.17) is 0 Å². The number of hydrogen-bond donors (Lipinski definition) is 0. The number of benzene rings is 5. The molecule has 30 heavy (non-hydrogen) atoms. The minimum Gasteiger partial charge on any atom is -0.341 e. The molecule has 0 bridgehead atoms. The fourth-order valence-electron chi connectivity index (χ4n) is 5.66. The molecule has 0 N–H and O–H groups in total. The van der Waals surface area contributed by atoms with Gasteiger partial charge in [0.2, 0.25) is 0 Å². The lowest BCUT2D eigenvalue weighted by Gasteiger charge is -2.07. The van der Waals surface area contributed by atoms with Crippen LogP contribution in [0.3, 0.4) is 0 Å². The summed E-state index contributed by atoms with van der Waals surface area (Å²) < 4.78 is 2.48. The van der Waals surface area contributed by atoms with E-state index in [0.29, 0.717) is 0 Å². The van der Waals surface area contributed by atoms with Gasteiger partial charge in [0.25, 0.3) is 0 Å². The molecule has 1 aliphatic rings. The van der Waals surface area contributed by atoms with Crippen LogP contribution >= 0.6 is 0 Å². The molecule has 1 aromatic heterocycles. The average molecular weight is 383 g/mol. The van der Waals surface area contributed by atoms with Crippen molar-refractivity contribution in [1.29, 1.82) is 0 Å². The molecule has 0 amide bonds. The molecule has 1 heterocycles. The highest BCUT2D eigenvalue weighted by atomic mass is 15.0. The van der Waals surface area contributed by atoms with Crippen LogP contribution in [-0.4, -0.2) is 4.57 Å². The Morgan fingerprint density at radius 3 is 2.23 bits per heavy atom. The van der Waals surface area contributed by atoms with Gasteiger partial charge in [0.05, 0.1) is 0 Å². The van der Waals surface area contributed by atoms with Crippen LogP contribution in [0.1, 0.15) is 18.1 Å². The zero-order chi connectivity index (χ0) is 19.8. The van der Waals surface area contributed by atoms with E-state index in [2.05, 4.69) is 96.4 Å². The van der Waals surface area contributed by atoms with Gasteiger partial charge in [-0.05, 0) is 75.3 Å². The quantitative estimate of drug-likeness (QED) is 0.274. The zero-order valence-electron chi connectivity index (χ0n) is 16.9. The van der Waals surface area contributed by atoms with Gasteiger partial charge in [-0.15, -0.1) is 0 Å². The summed E-state index contributed by atoms with van der Waals surface area (Å²) >= 11 is 0. The molecule has 1 aliphatic carbocycles. The van der Waals surface area contributed by atoms with Gasteiger partial charge in [-0.25, -0.2) is 0 Å². The Balaban J connectivity index is 1.61. The smallest absolute Gasteiger partial charge is 0.0497 e. The second-order valence-electron chi connectivity index (χ2n) is 8.44. The zero-order valence-corrected chi connectivity index (χ0v) is 16.9. The van der Waals surface area contributed by atoms with E-state index in [1.807, 2.05) is 0 Å². The Morgan fingerprint density at radius 2 is 1.40 bits per heavy atom. The molecule has 1 nitrogen and oxygen atoms in total. The van der Waals surface area contributed by atoms with Crippen LogP contribution in [0.5, 0.6) is 0 Å². The maximum Gasteiger partial charge on any atom is 0.0497 e. The van der Waals surface area contributed by atoms with Crippen LogP contribution in [0.2, 0.25) is 0 Å². The molecule has 0 saturated heterocycles. The summed E-state index contributed by atoms with van der Waals surface area (Å²) in [5.74, 6) is 0. The van der Waals surface area contributed by atoms with Gasteiger partial charge in [-0.3, -0.25) is 0 Å². The number of aromatic nitrogens is 1. The summed E-state index contributed by atoms with van der Waals surface area (Å²) in [4.78, 5) is 0. The first-order chi connectivity index (χ1) is 14.8. The largest absolute Gasteiger partial charge is 0.341 e. The summed E-state index contributed by atoms with van der Waals surface area (Å²) in [7, 11) is 0. The van der Waals surface area contributed by atoms with Gasteiger partial charge in [0.1, 0.15) is 0 Å². The lowest BCUT2D eigenvalue weighted by Crippen LogP contribution is -1.93. The minimum atomic E-state index is 0.974. The van der Waals surface area contributed by atoms with Crippen molar-refractivity contribution in [3.63, 3.8) is 0 Å². The lowest BCUT2D eigenvalue weighted by atomic mass is 9.99. The Bertz CT molecular complexity index is 1650. The van der Waals surface area contributed by atoms with E-state index >= 15 is 0 Å². The predicted molar refractivity (Wildman–Crippen MR) is 128 cm³/mol. The molecule has 0 saturated carbocycles. The van der Waals surface area contributed by atoms with Crippen LogP contribution in [0.25, 0.3) is 54.5 Å². The molecular formula is C29H21N. The molecule has 142 valence electrons. The number of nitrogens with zero attached hydrogens (tertiary/aromatic N) is 1. The van der Waals surface area contributed by atoms with E-state index in [1.54, 1.807) is 0 Å². The van der Waals surface area contributed by atoms with Crippen molar-refractivity contribution in [2.75, 3.05) is 0 Å². The topological polar surface area (TPSA) is 4.93 Å². The third-order valence-electron chi connectivity index (χ3n) is 6.99. The van der Waals surface area contributed by atoms with Gasteiger partial charge < -0.3 is 4.57 Å². The number of aryl methyl sites for hydroxylation is 1. The summed E-state index contributed by atoms with van der Waals surface area (Å²) in [5.41, 5.74) is 8.44. The van der Waals surface area contributed by atoms with Crippen molar-refractivity contribution >= 4 is 43.4 Å². The Morgan fingerprint density at radius 1 is 0.667 bits per heavy atom. The van der Waals surface area contributed by atoms with Crippen LogP contribution in [0.15, 0.2) is 84.9 Å². The normalized spacial score (nSPS) is 12.8. The first-order valence-corrected chi connectivity index (χ1v) is 10.8. The molecule has 0 spiro atoms. The van der Waals surface area contributed by atoms with Crippen molar-refractivity contribution in [3.05, 3.63) is 96.1 Å². The summed E-state index contributed by atoms with van der Waals surface area (Å²) in [5, 5.41) is 8.18. The van der Waals surface area contributed by atoms with E-state index < -0.39 is 0 Å². The first kappa shape index (κ1) is 16.2. The highest BCUT2D eigenvalue weighted by molar-refractivity contribution is 6.21. The molecular weight excluding hydrogens is 362 g/mol. The molecule has 0 radical (unpaired) electrons. The van der Waals surface area contributed by atoms with Crippen LogP contribution < -0.4 is 0 Å². The lowest BCUT2D eigenvalue weighted by molar-refractivity contribution is 0.827. The van der Waals surface area contributed by atoms with Crippen LogP contribution in [0.4, 0.5) is 0 Å². The molecule has 0 fully saturated rings. The van der Waals surface area contributed by atoms with Gasteiger partial charge in [0, 0.05) is 28.4 Å². The molecule has 7 rings (SSSR count). The highest BCUT2D eigenvalue weighted by Crippen LogP contribution is 2.44. The van der Waals surface area contributed by atoms with Crippen molar-refractivity contribution < 1.29 is 0 Å². The SMILES string of the molecule is CCn1c2cc3c(cc2c2c4ccccc4ccc21)Cc1c-3ccc2ccccc12. The second kappa shape index (κ2) is 5.73. The second-order valence-corrected chi connectivity index (χ2v) is 8.44. The number of fused-ring (bicyclic) bond motifs is 10. The average Bonchev–Trinajstić information content (AvgIpc) is 3.32. The van der Waals surface area contributed by atoms with E-state index in [-0.39, 0.29) is 0 Å². The van der Waals surface area contributed by atoms with Gasteiger partial charge in [-0.1, -0.05) is 66.7 Å². The van der Waals surface area contributed by atoms with E-state index in [9.17, 15) is 0 Å². The molecule has 5 aromatic carbocycles. The molecule has 0 aliphatic heterocycles. The summed E-state index contributed by atoms with van der Waals surface area (Å²) in [6, 6.07) is 31.6.